The van der Waals surface area contributed by atoms with Gasteiger partial charge in [-0.2, -0.15) is 4.98 Å². The Labute approximate surface area is 194 Å². The van der Waals surface area contributed by atoms with Crippen molar-refractivity contribution in [2.24, 2.45) is 0 Å². The van der Waals surface area contributed by atoms with E-state index >= 15 is 0 Å². The van der Waals surface area contributed by atoms with Gasteiger partial charge in [0.2, 0.25) is 0 Å². The van der Waals surface area contributed by atoms with Crippen LogP contribution in [-0.4, -0.2) is 58.7 Å². The fourth-order valence-corrected chi connectivity index (χ4v) is 4.56. The predicted octanol–water partition coefficient (Wildman–Crippen LogP) is 4.01. The number of H-pyrrole nitrogens is 1. The van der Waals surface area contributed by atoms with Gasteiger partial charge in [-0.3, -0.25) is 0 Å². The number of aromatic nitrogens is 3. The Morgan fingerprint density at radius 1 is 1.09 bits per heavy atom. The first-order valence-electron chi connectivity index (χ1n) is 10.9. The Hall–Kier alpha value is -2.33. The summed E-state index contributed by atoms with van der Waals surface area (Å²) in [5.41, 5.74) is 1.51. The number of nitrogens with one attached hydrogen (secondary N) is 1. The Morgan fingerprint density at radius 3 is 2.52 bits per heavy atom. The predicted molar refractivity (Wildman–Crippen MR) is 117 cm³/mol. The van der Waals surface area contributed by atoms with E-state index < -0.39 is 11.6 Å². The number of hydrogen-bond donors (Lipinski definition) is 1. The quantitative estimate of drug-likeness (QED) is 0.551. The molecule has 2 aliphatic rings. The smallest absolute Gasteiger partial charge is 0.296 e. The molecule has 10 heteroatoms. The van der Waals surface area contributed by atoms with E-state index in [1.165, 1.54) is 18.2 Å². The van der Waals surface area contributed by atoms with Crippen LogP contribution in [0.4, 0.5) is 8.78 Å². The van der Waals surface area contributed by atoms with Gasteiger partial charge in [0.15, 0.2) is 11.8 Å². The zero-order valence-corrected chi connectivity index (χ0v) is 18.9. The Morgan fingerprint density at radius 2 is 1.79 bits per heavy atom. The van der Waals surface area contributed by atoms with Crippen LogP contribution < -0.4 is 4.74 Å². The molecule has 0 unspecified atom stereocenters. The van der Waals surface area contributed by atoms with Crippen molar-refractivity contribution in [3.63, 3.8) is 0 Å². The van der Waals surface area contributed by atoms with E-state index in [2.05, 4.69) is 15.0 Å². The van der Waals surface area contributed by atoms with Crippen molar-refractivity contribution in [2.45, 2.75) is 57.2 Å². The lowest BCUT2D eigenvalue weighted by atomic mass is 10.1. The second-order valence-corrected chi connectivity index (χ2v) is 8.91. The SMILES string of the molecule is CC(C)O[C@@H]1CO[C@H]2[C@@H]1OC[C@H]2Oc1nc2nc(CCc3c(F)cccc3F)c(Cl)cc2[nH]1. The van der Waals surface area contributed by atoms with Crippen LogP contribution in [0.5, 0.6) is 6.01 Å². The number of aryl methyl sites for hydroxylation is 1. The number of pyridine rings is 1. The van der Waals surface area contributed by atoms with E-state index in [0.29, 0.717) is 35.1 Å². The number of benzene rings is 1. The first kappa shape index (κ1) is 22.5. The van der Waals surface area contributed by atoms with E-state index in [1.54, 1.807) is 6.07 Å². The third-order valence-corrected chi connectivity index (χ3v) is 6.15. The molecule has 3 aromatic rings. The van der Waals surface area contributed by atoms with Gasteiger partial charge in [-0.25, -0.2) is 13.8 Å². The largest absolute Gasteiger partial charge is 0.456 e. The monoisotopic (exact) mass is 479 g/mol. The molecule has 4 atom stereocenters. The van der Waals surface area contributed by atoms with Crippen LogP contribution in [0.3, 0.4) is 0 Å². The van der Waals surface area contributed by atoms with Gasteiger partial charge < -0.3 is 23.9 Å². The van der Waals surface area contributed by atoms with Gasteiger partial charge >= 0.3 is 0 Å². The average Bonchev–Trinajstić information content (AvgIpc) is 3.44. The summed E-state index contributed by atoms with van der Waals surface area (Å²) in [4.78, 5) is 11.9. The second-order valence-electron chi connectivity index (χ2n) is 8.51. The molecule has 0 amide bonds. The average molecular weight is 480 g/mol. The third kappa shape index (κ3) is 4.55. The minimum absolute atomic E-state index is 0.00798. The van der Waals surface area contributed by atoms with Crippen molar-refractivity contribution in [1.82, 2.24) is 15.0 Å². The third-order valence-electron chi connectivity index (χ3n) is 5.82. The molecular weight excluding hydrogens is 456 g/mol. The standard InChI is InChI=1S/C23H24ClF2N3O4/c1-11(2)32-18-9-30-21-19(10-31-20(18)21)33-23-28-17-8-13(24)16(27-22(17)29-23)7-6-12-14(25)4-3-5-15(12)26/h3-5,8,11,18-21H,6-7,9-10H2,1-2H3,(H,27,28,29)/t18-,19-,20-,21-/m1/s1. The Kier molecular flexibility index (Phi) is 6.22. The maximum absolute atomic E-state index is 13.9. The molecule has 7 nitrogen and oxygen atoms in total. The fourth-order valence-electron chi connectivity index (χ4n) is 4.32. The van der Waals surface area contributed by atoms with Gasteiger partial charge in [0.05, 0.1) is 35.6 Å². The molecule has 1 aromatic carbocycles. The normalized spacial score (nSPS) is 24.7. The maximum atomic E-state index is 13.9. The first-order valence-corrected chi connectivity index (χ1v) is 11.3. The van der Waals surface area contributed by atoms with Crippen LogP contribution in [0.2, 0.25) is 5.02 Å². The molecule has 2 fully saturated rings. The van der Waals surface area contributed by atoms with Crippen molar-refractivity contribution in [1.29, 1.82) is 0 Å². The number of fused-ring (bicyclic) bond motifs is 2. The van der Waals surface area contributed by atoms with Crippen LogP contribution in [0.1, 0.15) is 25.1 Å². The molecule has 33 heavy (non-hydrogen) atoms. The molecule has 0 saturated carbocycles. The molecule has 0 bridgehead atoms. The molecule has 0 radical (unpaired) electrons. The number of halogens is 3. The zero-order chi connectivity index (χ0) is 23.1. The molecule has 2 saturated heterocycles. The molecular formula is C23H24ClF2N3O4. The molecule has 0 spiro atoms. The molecule has 0 aliphatic carbocycles. The van der Waals surface area contributed by atoms with E-state index in [0.717, 1.165) is 0 Å². The van der Waals surface area contributed by atoms with E-state index in [4.69, 9.17) is 30.5 Å². The van der Waals surface area contributed by atoms with Gasteiger partial charge in [0.25, 0.3) is 6.01 Å². The van der Waals surface area contributed by atoms with Gasteiger partial charge in [-0.1, -0.05) is 17.7 Å². The number of nitrogens with zero attached hydrogens (tertiary/aromatic N) is 2. The van der Waals surface area contributed by atoms with Crippen molar-refractivity contribution in [2.75, 3.05) is 13.2 Å². The van der Waals surface area contributed by atoms with Crippen molar-refractivity contribution >= 4 is 22.8 Å². The van der Waals surface area contributed by atoms with Crippen LogP contribution in [0.25, 0.3) is 11.2 Å². The van der Waals surface area contributed by atoms with Crippen LogP contribution in [0.15, 0.2) is 24.3 Å². The summed E-state index contributed by atoms with van der Waals surface area (Å²) in [5, 5.41) is 0.381. The molecule has 2 aromatic heterocycles. The number of hydrogen-bond acceptors (Lipinski definition) is 6. The number of aromatic amines is 1. The molecule has 1 N–H and O–H groups in total. The van der Waals surface area contributed by atoms with Crippen molar-refractivity contribution in [3.05, 3.63) is 52.2 Å². The van der Waals surface area contributed by atoms with Crippen molar-refractivity contribution in [3.8, 4) is 6.01 Å². The molecule has 2 aliphatic heterocycles. The van der Waals surface area contributed by atoms with E-state index in [1.807, 2.05) is 13.8 Å². The van der Waals surface area contributed by atoms with Crippen LogP contribution in [0, 0.1) is 11.6 Å². The highest BCUT2D eigenvalue weighted by Gasteiger charge is 2.50. The molecule has 4 heterocycles. The van der Waals surface area contributed by atoms with Gasteiger partial charge in [-0.05, 0) is 44.9 Å². The summed E-state index contributed by atoms with van der Waals surface area (Å²) in [6.45, 7) is 4.77. The highest BCUT2D eigenvalue weighted by atomic mass is 35.5. The second kappa shape index (κ2) is 9.13. The fraction of sp³-hybridized carbons (Fsp3) is 0.478. The summed E-state index contributed by atoms with van der Waals surface area (Å²) >= 11 is 6.37. The van der Waals surface area contributed by atoms with Crippen LogP contribution in [-0.2, 0) is 27.1 Å². The Balaban J connectivity index is 1.28. The minimum Gasteiger partial charge on any atom is -0.456 e. The lowest BCUT2D eigenvalue weighted by Gasteiger charge is -2.19. The van der Waals surface area contributed by atoms with Gasteiger partial charge in [-0.15, -0.1) is 0 Å². The number of rotatable bonds is 7. The lowest BCUT2D eigenvalue weighted by Crippen LogP contribution is -2.36. The topological polar surface area (TPSA) is 78.5 Å². The number of ether oxygens (including phenoxy) is 4. The summed E-state index contributed by atoms with van der Waals surface area (Å²) in [6.07, 6.45) is -0.414. The summed E-state index contributed by atoms with van der Waals surface area (Å²) < 4.78 is 51.5. The summed E-state index contributed by atoms with van der Waals surface area (Å²) in [5.74, 6) is -1.18. The summed E-state index contributed by atoms with van der Waals surface area (Å²) in [7, 11) is 0. The van der Waals surface area contributed by atoms with Gasteiger partial charge in [0.1, 0.15) is 29.9 Å². The molecule has 5 rings (SSSR count). The highest BCUT2D eigenvalue weighted by molar-refractivity contribution is 6.31. The van der Waals surface area contributed by atoms with E-state index in [-0.39, 0.29) is 54.9 Å². The maximum Gasteiger partial charge on any atom is 0.296 e. The lowest BCUT2D eigenvalue weighted by molar-refractivity contribution is -0.0600. The van der Waals surface area contributed by atoms with E-state index in [9.17, 15) is 8.78 Å². The highest BCUT2D eigenvalue weighted by Crippen LogP contribution is 2.32. The minimum atomic E-state index is -0.588. The zero-order valence-electron chi connectivity index (χ0n) is 18.2. The Bertz CT molecular complexity index is 1140. The van der Waals surface area contributed by atoms with Crippen LogP contribution >= 0.6 is 11.6 Å². The number of imidazole rings is 1. The first-order chi connectivity index (χ1) is 15.9. The van der Waals surface area contributed by atoms with Gasteiger partial charge in [0, 0.05) is 5.56 Å². The summed E-state index contributed by atoms with van der Waals surface area (Å²) in [6, 6.07) is 5.76. The van der Waals surface area contributed by atoms with Crippen molar-refractivity contribution < 1.29 is 27.7 Å². The molecule has 176 valence electrons.